The Morgan fingerprint density at radius 1 is 1.07 bits per heavy atom. The molecule has 0 bridgehead atoms. The smallest absolute Gasteiger partial charge is 0.224 e. The van der Waals surface area contributed by atoms with E-state index in [1.165, 1.54) is 5.56 Å². The quantitative estimate of drug-likeness (QED) is 0.520. The van der Waals surface area contributed by atoms with Crippen molar-refractivity contribution in [1.82, 2.24) is 19.5 Å². The zero-order valence-electron chi connectivity index (χ0n) is 15.2. The number of hydrogen-bond acceptors (Lipinski definition) is 6. The number of nitrogens with two attached hydrogens (primary N) is 1. The van der Waals surface area contributed by atoms with Gasteiger partial charge >= 0.3 is 0 Å². The molecule has 1 aromatic carbocycles. The molecule has 138 valence electrons. The molecule has 0 saturated carbocycles. The molecule has 0 radical (unpaired) electrons. The number of aromatic nitrogens is 4. The Labute approximate surface area is 157 Å². The van der Waals surface area contributed by atoms with E-state index < -0.39 is 0 Å². The van der Waals surface area contributed by atoms with Crippen molar-refractivity contribution in [2.24, 2.45) is 0 Å². The van der Waals surface area contributed by atoms with Crippen LogP contribution in [0, 0.1) is 0 Å². The second-order valence-corrected chi connectivity index (χ2v) is 6.33. The van der Waals surface area contributed by atoms with Crippen LogP contribution in [0.1, 0.15) is 18.9 Å². The number of aryl methyl sites for hydroxylation is 1. The first-order chi connectivity index (χ1) is 13.3. The van der Waals surface area contributed by atoms with Gasteiger partial charge in [0.1, 0.15) is 0 Å². The highest BCUT2D eigenvalue weighted by molar-refractivity contribution is 5.87. The first-order valence-electron chi connectivity index (χ1n) is 9.11. The van der Waals surface area contributed by atoms with Gasteiger partial charge in [0.15, 0.2) is 28.6 Å². The Balaban J connectivity index is 1.69. The molecule has 0 unspecified atom stereocenters. The fraction of sp³-hybridized carbons (Fsp3) is 0.250. The number of fused-ring (bicyclic) bond motifs is 1. The molecule has 7 nitrogen and oxygen atoms in total. The molecule has 0 aliphatic carbocycles. The zero-order valence-corrected chi connectivity index (χ0v) is 15.2. The van der Waals surface area contributed by atoms with E-state index in [9.17, 15) is 0 Å². The summed E-state index contributed by atoms with van der Waals surface area (Å²) in [5.41, 5.74) is 8.66. The summed E-state index contributed by atoms with van der Waals surface area (Å²) in [5, 5.41) is 3.37. The van der Waals surface area contributed by atoms with Gasteiger partial charge in [-0.2, -0.15) is 9.97 Å². The average molecular weight is 362 g/mol. The summed E-state index contributed by atoms with van der Waals surface area (Å²) in [6.07, 6.45) is 3.47. The van der Waals surface area contributed by atoms with Crippen LogP contribution in [0.25, 0.3) is 22.7 Å². The van der Waals surface area contributed by atoms with E-state index in [4.69, 9.17) is 15.1 Å². The van der Waals surface area contributed by atoms with Crippen molar-refractivity contribution in [2.45, 2.75) is 26.3 Å². The van der Waals surface area contributed by atoms with Gasteiger partial charge in [0.25, 0.3) is 0 Å². The second kappa shape index (κ2) is 7.49. The summed E-state index contributed by atoms with van der Waals surface area (Å²) < 4.78 is 7.60. The molecule has 3 aromatic heterocycles. The number of hydrogen-bond donors (Lipinski definition) is 2. The Hall–Kier alpha value is -3.35. The number of nitrogens with one attached hydrogen (secondary N) is 1. The van der Waals surface area contributed by atoms with Crippen molar-refractivity contribution < 1.29 is 4.42 Å². The number of furan rings is 1. The van der Waals surface area contributed by atoms with Crippen molar-refractivity contribution in [3.63, 3.8) is 0 Å². The minimum Gasteiger partial charge on any atom is -0.461 e. The molecule has 0 atom stereocenters. The number of benzene rings is 1. The number of nitrogen functional groups attached to an aromatic ring is 1. The summed E-state index contributed by atoms with van der Waals surface area (Å²) in [4.78, 5) is 13.6. The van der Waals surface area contributed by atoms with Gasteiger partial charge in [0.05, 0.1) is 6.26 Å². The minimum atomic E-state index is 0.230. The van der Waals surface area contributed by atoms with E-state index in [0.29, 0.717) is 17.1 Å². The minimum absolute atomic E-state index is 0.230. The number of imidazole rings is 1. The fourth-order valence-corrected chi connectivity index (χ4v) is 3.14. The summed E-state index contributed by atoms with van der Waals surface area (Å²) in [6, 6.07) is 14.1. The van der Waals surface area contributed by atoms with Crippen molar-refractivity contribution >= 4 is 22.9 Å². The van der Waals surface area contributed by atoms with Crippen LogP contribution in [0.5, 0.6) is 0 Å². The SMILES string of the molecule is CCCn1c(-c2ccco2)nc2c(NCCc3ccccc3)nc(N)nc21. The number of anilines is 2. The topological polar surface area (TPSA) is 94.8 Å². The van der Waals surface area contributed by atoms with Crippen LogP contribution < -0.4 is 11.1 Å². The molecule has 0 aliphatic heterocycles. The van der Waals surface area contributed by atoms with Crippen LogP contribution >= 0.6 is 0 Å². The Morgan fingerprint density at radius 2 is 1.93 bits per heavy atom. The van der Waals surface area contributed by atoms with Gasteiger partial charge in [-0.05, 0) is 30.5 Å². The third-order valence-electron chi connectivity index (χ3n) is 4.35. The lowest BCUT2D eigenvalue weighted by Crippen LogP contribution is -2.09. The van der Waals surface area contributed by atoms with E-state index in [1.54, 1.807) is 6.26 Å². The highest BCUT2D eigenvalue weighted by Crippen LogP contribution is 2.28. The van der Waals surface area contributed by atoms with Crippen LogP contribution in [0.4, 0.5) is 11.8 Å². The summed E-state index contributed by atoms with van der Waals surface area (Å²) in [7, 11) is 0. The van der Waals surface area contributed by atoms with Gasteiger partial charge in [0, 0.05) is 13.1 Å². The van der Waals surface area contributed by atoms with Gasteiger partial charge in [0.2, 0.25) is 5.95 Å². The molecular formula is C20H22N6O. The molecule has 4 aromatic rings. The lowest BCUT2D eigenvalue weighted by Gasteiger charge is -2.08. The van der Waals surface area contributed by atoms with E-state index in [2.05, 4.69) is 34.3 Å². The molecule has 0 fully saturated rings. The predicted octanol–water partition coefficient (Wildman–Crippen LogP) is 3.73. The van der Waals surface area contributed by atoms with E-state index >= 15 is 0 Å². The maximum Gasteiger partial charge on any atom is 0.224 e. The van der Waals surface area contributed by atoms with Gasteiger partial charge in [-0.1, -0.05) is 37.3 Å². The van der Waals surface area contributed by atoms with Crippen LogP contribution in [0.3, 0.4) is 0 Å². The van der Waals surface area contributed by atoms with E-state index in [-0.39, 0.29) is 5.95 Å². The van der Waals surface area contributed by atoms with Crippen molar-refractivity contribution in [3.8, 4) is 11.6 Å². The second-order valence-electron chi connectivity index (χ2n) is 6.33. The molecule has 4 rings (SSSR count). The maximum atomic E-state index is 5.97. The van der Waals surface area contributed by atoms with Gasteiger partial charge in [-0.3, -0.25) is 0 Å². The van der Waals surface area contributed by atoms with Crippen molar-refractivity contribution in [1.29, 1.82) is 0 Å². The number of rotatable bonds is 7. The number of nitrogens with zero attached hydrogens (tertiary/aromatic N) is 4. The van der Waals surface area contributed by atoms with Crippen LogP contribution in [-0.2, 0) is 13.0 Å². The molecule has 27 heavy (non-hydrogen) atoms. The Kier molecular flexibility index (Phi) is 4.74. The first-order valence-corrected chi connectivity index (χ1v) is 9.11. The summed E-state index contributed by atoms with van der Waals surface area (Å²) in [5.74, 6) is 2.32. The monoisotopic (exact) mass is 362 g/mol. The molecule has 0 aliphatic rings. The van der Waals surface area contributed by atoms with Crippen LogP contribution in [-0.4, -0.2) is 26.1 Å². The largest absolute Gasteiger partial charge is 0.461 e. The standard InChI is InChI=1S/C20H22N6O/c1-2-12-26-18(15-9-6-13-27-15)23-16-17(24-20(21)25-19(16)26)22-11-10-14-7-4-3-5-8-14/h3-9,13H,2,10-12H2,1H3,(H3,21,22,24,25). The van der Waals surface area contributed by atoms with Crippen molar-refractivity contribution in [3.05, 3.63) is 54.3 Å². The molecule has 3 N–H and O–H groups in total. The Bertz CT molecular complexity index is 1020. The zero-order chi connectivity index (χ0) is 18.6. The molecular weight excluding hydrogens is 340 g/mol. The van der Waals surface area contributed by atoms with E-state index in [0.717, 1.165) is 37.4 Å². The summed E-state index contributed by atoms with van der Waals surface area (Å²) >= 11 is 0. The molecule has 0 saturated heterocycles. The summed E-state index contributed by atoms with van der Waals surface area (Å²) in [6.45, 7) is 3.61. The third kappa shape index (κ3) is 3.48. The highest BCUT2D eigenvalue weighted by Gasteiger charge is 2.19. The molecule has 3 heterocycles. The fourth-order valence-electron chi connectivity index (χ4n) is 3.14. The van der Waals surface area contributed by atoms with E-state index in [1.807, 2.05) is 34.9 Å². The lowest BCUT2D eigenvalue weighted by atomic mass is 10.1. The van der Waals surface area contributed by atoms with Gasteiger partial charge < -0.3 is 20.0 Å². The molecule has 7 heteroatoms. The van der Waals surface area contributed by atoms with Crippen LogP contribution in [0.2, 0.25) is 0 Å². The normalized spacial score (nSPS) is 11.1. The first kappa shape index (κ1) is 17.1. The van der Waals surface area contributed by atoms with Gasteiger partial charge in [-0.15, -0.1) is 0 Å². The average Bonchev–Trinajstić information content (AvgIpc) is 3.31. The molecule has 0 spiro atoms. The van der Waals surface area contributed by atoms with Crippen molar-refractivity contribution in [2.75, 3.05) is 17.6 Å². The van der Waals surface area contributed by atoms with Crippen LogP contribution in [0.15, 0.2) is 53.1 Å². The maximum absolute atomic E-state index is 5.97. The third-order valence-corrected chi connectivity index (χ3v) is 4.35. The van der Waals surface area contributed by atoms with Gasteiger partial charge in [-0.25, -0.2) is 4.98 Å². The molecule has 0 amide bonds. The lowest BCUT2D eigenvalue weighted by molar-refractivity contribution is 0.568. The highest BCUT2D eigenvalue weighted by atomic mass is 16.3. The predicted molar refractivity (Wildman–Crippen MR) is 106 cm³/mol. The Morgan fingerprint density at radius 3 is 2.67 bits per heavy atom.